The first kappa shape index (κ1) is 14.3. The topological polar surface area (TPSA) is 77.8 Å². The van der Waals surface area contributed by atoms with Crippen molar-refractivity contribution in [3.05, 3.63) is 53.1 Å². The van der Waals surface area contributed by atoms with Crippen molar-refractivity contribution in [1.29, 1.82) is 5.26 Å². The lowest BCUT2D eigenvalue weighted by Crippen LogP contribution is -2.19. The van der Waals surface area contributed by atoms with Crippen molar-refractivity contribution < 1.29 is 4.79 Å². The monoisotopic (exact) mass is 328 g/mol. The van der Waals surface area contributed by atoms with Crippen LogP contribution in [0.4, 0.5) is 15.6 Å². The summed E-state index contributed by atoms with van der Waals surface area (Å²) in [6.07, 6.45) is 0. The number of halogens is 1. The van der Waals surface area contributed by atoms with E-state index in [0.29, 0.717) is 21.4 Å². The molecule has 3 rings (SSSR count). The molecule has 5 nitrogen and oxygen atoms in total. The number of benzene rings is 2. The summed E-state index contributed by atoms with van der Waals surface area (Å²) < 4.78 is 0.897. The minimum Gasteiger partial charge on any atom is -0.308 e. The summed E-state index contributed by atoms with van der Waals surface area (Å²) in [5.74, 6) is 0. The number of thiazole rings is 1. The molecule has 7 heteroatoms. The van der Waals surface area contributed by atoms with E-state index in [1.54, 1.807) is 42.5 Å². The lowest BCUT2D eigenvalue weighted by Gasteiger charge is -2.05. The van der Waals surface area contributed by atoms with Gasteiger partial charge in [-0.2, -0.15) is 5.26 Å². The number of hydrogen-bond donors (Lipinski definition) is 2. The number of nitrogens with zero attached hydrogens (tertiary/aromatic N) is 2. The van der Waals surface area contributed by atoms with Crippen molar-refractivity contribution in [1.82, 2.24) is 4.98 Å². The third kappa shape index (κ3) is 3.17. The van der Waals surface area contributed by atoms with Crippen LogP contribution in [0.15, 0.2) is 42.5 Å². The zero-order chi connectivity index (χ0) is 15.5. The molecular formula is C15H9ClN4OS. The van der Waals surface area contributed by atoms with Crippen molar-refractivity contribution >= 4 is 50.0 Å². The van der Waals surface area contributed by atoms with Crippen LogP contribution in [0.5, 0.6) is 0 Å². The molecule has 0 saturated heterocycles. The van der Waals surface area contributed by atoms with Crippen molar-refractivity contribution in [3.8, 4) is 6.07 Å². The largest absolute Gasteiger partial charge is 0.325 e. The Morgan fingerprint density at radius 1 is 1.23 bits per heavy atom. The Labute approximate surface area is 135 Å². The standard InChI is InChI=1S/C15H9ClN4OS/c16-10-4-5-12-13(7-10)22-15(19-12)20-14(21)18-11-3-1-2-9(6-11)8-17/h1-7H,(H2,18,19,20,21). The van der Waals surface area contributed by atoms with Crippen LogP contribution in [-0.2, 0) is 0 Å². The van der Waals surface area contributed by atoms with Crippen molar-refractivity contribution in [3.63, 3.8) is 0 Å². The Kier molecular flexibility index (Phi) is 3.92. The van der Waals surface area contributed by atoms with Crippen LogP contribution in [0.3, 0.4) is 0 Å². The molecular weight excluding hydrogens is 320 g/mol. The summed E-state index contributed by atoms with van der Waals surface area (Å²) in [4.78, 5) is 16.3. The lowest BCUT2D eigenvalue weighted by molar-refractivity contribution is 0.262. The molecule has 0 atom stereocenters. The lowest BCUT2D eigenvalue weighted by atomic mass is 10.2. The van der Waals surface area contributed by atoms with Crippen LogP contribution in [0.25, 0.3) is 10.2 Å². The molecule has 1 heterocycles. The molecule has 108 valence electrons. The highest BCUT2D eigenvalue weighted by atomic mass is 35.5. The van der Waals surface area contributed by atoms with E-state index in [4.69, 9.17) is 16.9 Å². The van der Waals surface area contributed by atoms with Gasteiger partial charge in [0.2, 0.25) is 0 Å². The summed E-state index contributed by atoms with van der Waals surface area (Å²) in [6.45, 7) is 0. The van der Waals surface area contributed by atoms with Gasteiger partial charge in [0.15, 0.2) is 5.13 Å². The SMILES string of the molecule is N#Cc1cccc(NC(=O)Nc2nc3ccc(Cl)cc3s2)c1. The Hall–Kier alpha value is -2.62. The highest BCUT2D eigenvalue weighted by Crippen LogP contribution is 2.28. The quantitative estimate of drug-likeness (QED) is 0.728. The second-order valence-electron chi connectivity index (χ2n) is 4.40. The molecule has 22 heavy (non-hydrogen) atoms. The van der Waals surface area contributed by atoms with Gasteiger partial charge in [-0.25, -0.2) is 9.78 Å². The second-order valence-corrected chi connectivity index (χ2v) is 5.87. The van der Waals surface area contributed by atoms with E-state index in [-0.39, 0.29) is 0 Å². The van der Waals surface area contributed by atoms with Crippen LogP contribution in [-0.4, -0.2) is 11.0 Å². The normalized spacial score (nSPS) is 10.2. The first-order valence-electron chi connectivity index (χ1n) is 6.28. The molecule has 0 fully saturated rings. The highest BCUT2D eigenvalue weighted by molar-refractivity contribution is 7.22. The average molecular weight is 329 g/mol. The van der Waals surface area contributed by atoms with Gasteiger partial charge < -0.3 is 5.32 Å². The van der Waals surface area contributed by atoms with E-state index in [0.717, 1.165) is 10.2 Å². The van der Waals surface area contributed by atoms with E-state index in [2.05, 4.69) is 15.6 Å². The minimum absolute atomic E-state index is 0.416. The van der Waals surface area contributed by atoms with Gasteiger partial charge in [0.25, 0.3) is 0 Å². The fraction of sp³-hybridized carbons (Fsp3) is 0. The van der Waals surface area contributed by atoms with E-state index >= 15 is 0 Å². The van der Waals surface area contributed by atoms with Crippen LogP contribution in [0, 0.1) is 11.3 Å². The summed E-state index contributed by atoms with van der Waals surface area (Å²) in [5, 5.41) is 15.3. The third-order valence-electron chi connectivity index (χ3n) is 2.82. The van der Waals surface area contributed by atoms with Gasteiger partial charge in [-0.05, 0) is 36.4 Å². The number of nitriles is 1. The first-order chi connectivity index (χ1) is 10.6. The molecule has 0 bridgehead atoms. The number of rotatable bonds is 2. The summed E-state index contributed by atoms with van der Waals surface area (Å²) >= 11 is 7.26. The zero-order valence-corrected chi connectivity index (χ0v) is 12.7. The van der Waals surface area contributed by atoms with Crippen LogP contribution >= 0.6 is 22.9 Å². The Bertz CT molecular complexity index is 900. The minimum atomic E-state index is -0.416. The maximum atomic E-state index is 12.0. The predicted octanol–water partition coefficient (Wildman–Crippen LogP) is 4.47. The highest BCUT2D eigenvalue weighted by Gasteiger charge is 2.08. The fourth-order valence-corrected chi connectivity index (χ4v) is 3.01. The molecule has 0 radical (unpaired) electrons. The Morgan fingerprint density at radius 3 is 2.91 bits per heavy atom. The maximum absolute atomic E-state index is 12.0. The number of fused-ring (bicyclic) bond motifs is 1. The first-order valence-corrected chi connectivity index (χ1v) is 7.48. The van der Waals surface area contributed by atoms with E-state index < -0.39 is 6.03 Å². The molecule has 0 aliphatic heterocycles. The average Bonchev–Trinajstić information content (AvgIpc) is 2.88. The summed E-state index contributed by atoms with van der Waals surface area (Å²) in [7, 11) is 0. The molecule has 0 spiro atoms. The smallest absolute Gasteiger partial charge is 0.308 e. The molecule has 2 N–H and O–H groups in total. The molecule has 3 aromatic rings. The van der Waals surface area contributed by atoms with Gasteiger partial charge >= 0.3 is 6.03 Å². The number of amides is 2. The van der Waals surface area contributed by atoms with Crippen molar-refractivity contribution in [2.45, 2.75) is 0 Å². The molecule has 1 aromatic heterocycles. The molecule has 2 aromatic carbocycles. The third-order valence-corrected chi connectivity index (χ3v) is 3.99. The van der Waals surface area contributed by atoms with E-state index in [1.165, 1.54) is 11.3 Å². The Morgan fingerprint density at radius 2 is 2.09 bits per heavy atom. The number of carbonyl (C=O) groups excluding carboxylic acids is 1. The fourth-order valence-electron chi connectivity index (χ4n) is 1.88. The molecule has 2 amide bonds. The van der Waals surface area contributed by atoms with Crippen LogP contribution in [0.1, 0.15) is 5.56 Å². The van der Waals surface area contributed by atoms with Gasteiger partial charge in [0, 0.05) is 10.7 Å². The van der Waals surface area contributed by atoms with Gasteiger partial charge in [-0.1, -0.05) is 29.0 Å². The van der Waals surface area contributed by atoms with Crippen molar-refractivity contribution in [2.75, 3.05) is 10.6 Å². The number of anilines is 2. The van der Waals surface area contributed by atoms with Gasteiger partial charge in [-0.3, -0.25) is 5.32 Å². The Balaban J connectivity index is 1.74. The molecule has 0 aliphatic rings. The number of aromatic nitrogens is 1. The number of carbonyl (C=O) groups is 1. The van der Waals surface area contributed by atoms with Crippen LogP contribution < -0.4 is 10.6 Å². The van der Waals surface area contributed by atoms with Gasteiger partial charge in [0.1, 0.15) is 0 Å². The molecule has 0 aliphatic carbocycles. The van der Waals surface area contributed by atoms with Gasteiger partial charge in [0.05, 0.1) is 21.8 Å². The molecule has 0 unspecified atom stereocenters. The molecule has 0 saturated carbocycles. The van der Waals surface area contributed by atoms with Gasteiger partial charge in [-0.15, -0.1) is 0 Å². The van der Waals surface area contributed by atoms with Crippen molar-refractivity contribution in [2.24, 2.45) is 0 Å². The number of urea groups is 1. The zero-order valence-electron chi connectivity index (χ0n) is 11.1. The predicted molar refractivity (Wildman–Crippen MR) is 88.4 cm³/mol. The number of nitrogens with one attached hydrogen (secondary N) is 2. The summed E-state index contributed by atoms with van der Waals surface area (Å²) in [6, 6.07) is 13.6. The maximum Gasteiger partial charge on any atom is 0.325 e. The summed E-state index contributed by atoms with van der Waals surface area (Å²) in [5.41, 5.74) is 1.80. The van der Waals surface area contributed by atoms with E-state index in [1.807, 2.05) is 6.07 Å². The van der Waals surface area contributed by atoms with E-state index in [9.17, 15) is 4.79 Å². The number of hydrogen-bond acceptors (Lipinski definition) is 4. The van der Waals surface area contributed by atoms with Crippen LogP contribution in [0.2, 0.25) is 5.02 Å². The second kappa shape index (κ2) is 6.02.